The molecule has 33 heavy (non-hydrogen) atoms. The van der Waals surface area contributed by atoms with E-state index in [2.05, 4.69) is 15.4 Å². The predicted octanol–water partition coefficient (Wildman–Crippen LogP) is 2.52. The van der Waals surface area contributed by atoms with Crippen molar-refractivity contribution in [2.24, 2.45) is 0 Å². The number of morpholine rings is 1. The Morgan fingerprint density at radius 1 is 1.18 bits per heavy atom. The molecule has 9 heteroatoms. The third-order valence-corrected chi connectivity index (χ3v) is 5.68. The van der Waals surface area contributed by atoms with Gasteiger partial charge in [0.2, 0.25) is 0 Å². The highest BCUT2D eigenvalue weighted by Crippen LogP contribution is 2.35. The van der Waals surface area contributed by atoms with Gasteiger partial charge >= 0.3 is 0 Å². The smallest absolute Gasteiger partial charge is 0.162 e. The van der Waals surface area contributed by atoms with Crippen LogP contribution in [0.25, 0.3) is 22.6 Å². The zero-order valence-corrected chi connectivity index (χ0v) is 19.6. The molecule has 2 aromatic heterocycles. The first-order valence-corrected chi connectivity index (χ1v) is 11.2. The molecule has 3 aromatic rings. The number of ether oxygens (including phenoxy) is 2. The van der Waals surface area contributed by atoms with E-state index in [9.17, 15) is 5.11 Å². The van der Waals surface area contributed by atoms with Crippen molar-refractivity contribution in [1.29, 1.82) is 0 Å². The van der Waals surface area contributed by atoms with Crippen molar-refractivity contribution in [1.82, 2.24) is 20.4 Å². The Labute approximate surface area is 193 Å². The highest BCUT2D eigenvalue weighted by atomic mass is 16.5. The highest BCUT2D eigenvalue weighted by Gasteiger charge is 2.24. The largest absolute Gasteiger partial charge is 0.491 e. The molecule has 0 aliphatic carbocycles. The van der Waals surface area contributed by atoms with Crippen molar-refractivity contribution in [3.63, 3.8) is 0 Å². The van der Waals surface area contributed by atoms with Crippen LogP contribution < -0.4 is 15.0 Å². The SMILES string of the molecule is CNCC(O)COc1cccc(-c2nc(-c3c(C)noc3C)c(C)c(N3CCOCC3)n2)c1. The summed E-state index contributed by atoms with van der Waals surface area (Å²) in [6, 6.07) is 7.63. The molecule has 1 saturated heterocycles. The second-order valence-corrected chi connectivity index (χ2v) is 8.19. The lowest BCUT2D eigenvalue weighted by Gasteiger charge is -2.30. The molecule has 9 nitrogen and oxygen atoms in total. The van der Waals surface area contributed by atoms with Gasteiger partial charge in [-0.1, -0.05) is 17.3 Å². The minimum Gasteiger partial charge on any atom is -0.491 e. The Morgan fingerprint density at radius 2 is 1.97 bits per heavy atom. The molecule has 1 unspecified atom stereocenters. The van der Waals surface area contributed by atoms with Crippen LogP contribution >= 0.6 is 0 Å². The number of benzene rings is 1. The van der Waals surface area contributed by atoms with E-state index in [1.165, 1.54) is 0 Å². The van der Waals surface area contributed by atoms with Crippen LogP contribution in [-0.2, 0) is 4.74 Å². The number of aryl methyl sites for hydroxylation is 2. The van der Waals surface area contributed by atoms with Gasteiger partial charge in [-0.2, -0.15) is 0 Å². The summed E-state index contributed by atoms with van der Waals surface area (Å²) < 4.78 is 16.8. The molecule has 176 valence electrons. The molecular weight excluding hydrogens is 422 g/mol. The number of rotatable bonds is 8. The van der Waals surface area contributed by atoms with Crippen molar-refractivity contribution in [3.05, 3.63) is 41.3 Å². The second-order valence-electron chi connectivity index (χ2n) is 8.19. The monoisotopic (exact) mass is 453 g/mol. The quantitative estimate of drug-likeness (QED) is 0.532. The third-order valence-electron chi connectivity index (χ3n) is 5.68. The molecule has 1 atom stereocenters. The molecule has 3 heterocycles. The number of aromatic nitrogens is 3. The van der Waals surface area contributed by atoms with Gasteiger partial charge in [0.25, 0.3) is 0 Å². The van der Waals surface area contributed by atoms with E-state index >= 15 is 0 Å². The standard InChI is InChI=1S/C24H31N5O4/c1-15-22(21-16(2)28-33-17(21)3)26-23(27-24(15)29-8-10-31-11-9-29)18-6-5-7-20(12-18)32-14-19(30)13-25-4/h5-7,12,19,25,30H,8-11,13-14H2,1-4H3. The summed E-state index contributed by atoms with van der Waals surface area (Å²) in [6.07, 6.45) is -0.589. The number of aliphatic hydroxyl groups excluding tert-OH is 1. The van der Waals surface area contributed by atoms with Crippen LogP contribution in [0.15, 0.2) is 28.8 Å². The highest BCUT2D eigenvalue weighted by molar-refractivity contribution is 5.75. The van der Waals surface area contributed by atoms with Crippen LogP contribution in [0.4, 0.5) is 5.82 Å². The molecule has 1 fully saturated rings. The first kappa shape index (κ1) is 23.2. The number of nitrogens with zero attached hydrogens (tertiary/aromatic N) is 4. The van der Waals surface area contributed by atoms with Gasteiger partial charge in [0.05, 0.1) is 30.2 Å². The maximum absolute atomic E-state index is 9.96. The van der Waals surface area contributed by atoms with E-state index in [1.807, 2.05) is 45.0 Å². The molecule has 2 N–H and O–H groups in total. The summed E-state index contributed by atoms with van der Waals surface area (Å²) in [5, 5.41) is 17.0. The van der Waals surface area contributed by atoms with Crippen LogP contribution in [0, 0.1) is 20.8 Å². The van der Waals surface area contributed by atoms with Crippen molar-refractivity contribution >= 4 is 5.82 Å². The summed E-state index contributed by atoms with van der Waals surface area (Å²) in [6.45, 7) is 9.39. The number of anilines is 1. The summed E-state index contributed by atoms with van der Waals surface area (Å²) in [7, 11) is 1.79. The van der Waals surface area contributed by atoms with Crippen LogP contribution in [-0.4, -0.2) is 72.8 Å². The van der Waals surface area contributed by atoms with Crippen molar-refractivity contribution in [3.8, 4) is 28.4 Å². The zero-order valence-electron chi connectivity index (χ0n) is 19.6. The number of hydrogen-bond acceptors (Lipinski definition) is 9. The summed E-state index contributed by atoms with van der Waals surface area (Å²) in [5.41, 5.74) is 4.32. The lowest BCUT2D eigenvalue weighted by atomic mass is 10.0. The van der Waals surface area contributed by atoms with Crippen LogP contribution in [0.1, 0.15) is 17.0 Å². The lowest BCUT2D eigenvalue weighted by Crippen LogP contribution is -2.37. The van der Waals surface area contributed by atoms with Gasteiger partial charge in [-0.25, -0.2) is 9.97 Å². The Bertz CT molecular complexity index is 1070. The van der Waals surface area contributed by atoms with Crippen molar-refractivity contribution in [2.45, 2.75) is 26.9 Å². The lowest BCUT2D eigenvalue weighted by molar-refractivity contribution is 0.108. The van der Waals surface area contributed by atoms with E-state index in [-0.39, 0.29) is 6.61 Å². The van der Waals surface area contributed by atoms with E-state index in [1.54, 1.807) is 7.05 Å². The summed E-state index contributed by atoms with van der Waals surface area (Å²) in [4.78, 5) is 12.1. The molecule has 1 aromatic carbocycles. The van der Waals surface area contributed by atoms with Crippen LogP contribution in [0.5, 0.6) is 5.75 Å². The van der Waals surface area contributed by atoms with E-state index < -0.39 is 6.10 Å². The predicted molar refractivity (Wildman–Crippen MR) is 126 cm³/mol. The summed E-state index contributed by atoms with van der Waals surface area (Å²) in [5.74, 6) is 2.86. The topological polar surface area (TPSA) is 106 Å². The third kappa shape index (κ3) is 5.16. The maximum Gasteiger partial charge on any atom is 0.162 e. The van der Waals surface area contributed by atoms with E-state index in [0.717, 1.165) is 52.7 Å². The van der Waals surface area contributed by atoms with Crippen LogP contribution in [0.3, 0.4) is 0 Å². The molecule has 0 amide bonds. The minimum atomic E-state index is -0.589. The Hall–Kier alpha value is -3.01. The van der Waals surface area contributed by atoms with Gasteiger partial charge in [-0.3, -0.25) is 0 Å². The van der Waals surface area contributed by atoms with Crippen molar-refractivity contribution in [2.75, 3.05) is 51.4 Å². The van der Waals surface area contributed by atoms with Gasteiger partial charge in [0, 0.05) is 30.8 Å². The number of likely N-dealkylation sites (N-methyl/N-ethyl adjacent to an activating group) is 1. The van der Waals surface area contributed by atoms with E-state index in [0.29, 0.717) is 31.3 Å². The minimum absolute atomic E-state index is 0.197. The fourth-order valence-electron chi connectivity index (χ4n) is 3.99. The Morgan fingerprint density at radius 3 is 2.67 bits per heavy atom. The Balaban J connectivity index is 1.75. The molecular formula is C24H31N5O4. The number of hydrogen-bond donors (Lipinski definition) is 2. The average molecular weight is 454 g/mol. The normalized spacial score (nSPS) is 15.0. The van der Waals surface area contributed by atoms with Crippen LogP contribution in [0.2, 0.25) is 0 Å². The molecule has 0 saturated carbocycles. The maximum atomic E-state index is 9.96. The van der Waals surface area contributed by atoms with Crippen molar-refractivity contribution < 1.29 is 19.1 Å². The first-order chi connectivity index (χ1) is 16.0. The van der Waals surface area contributed by atoms with Gasteiger partial charge in [-0.15, -0.1) is 0 Å². The fraction of sp³-hybridized carbons (Fsp3) is 0.458. The van der Waals surface area contributed by atoms with Gasteiger partial charge in [0.15, 0.2) is 5.82 Å². The molecule has 1 aliphatic heterocycles. The molecule has 0 spiro atoms. The molecule has 1 aliphatic rings. The molecule has 0 bridgehead atoms. The Kier molecular flexibility index (Phi) is 7.22. The van der Waals surface area contributed by atoms with Gasteiger partial charge in [0.1, 0.15) is 30.0 Å². The van der Waals surface area contributed by atoms with Gasteiger partial charge in [-0.05, 0) is 40.0 Å². The van der Waals surface area contributed by atoms with E-state index in [4.69, 9.17) is 24.0 Å². The fourth-order valence-corrected chi connectivity index (χ4v) is 3.99. The summed E-state index contributed by atoms with van der Waals surface area (Å²) >= 11 is 0. The van der Waals surface area contributed by atoms with Gasteiger partial charge < -0.3 is 29.3 Å². The second kappa shape index (κ2) is 10.3. The first-order valence-electron chi connectivity index (χ1n) is 11.2. The average Bonchev–Trinajstić information content (AvgIpc) is 3.16. The zero-order chi connectivity index (χ0) is 23.4. The number of aliphatic hydroxyl groups is 1. The molecule has 0 radical (unpaired) electrons. The number of nitrogens with one attached hydrogen (secondary N) is 1. The molecule has 4 rings (SSSR count).